The second-order valence-electron chi connectivity index (χ2n) is 12.8. The zero-order valence-electron chi connectivity index (χ0n) is 26.9. The molecule has 1 atom stereocenters. The van der Waals surface area contributed by atoms with Gasteiger partial charge in [0.25, 0.3) is 6.43 Å². The first-order valence-electron chi connectivity index (χ1n) is 15.3. The van der Waals surface area contributed by atoms with E-state index in [2.05, 4.69) is 15.2 Å². The van der Waals surface area contributed by atoms with Crippen molar-refractivity contribution in [2.45, 2.75) is 69.9 Å². The van der Waals surface area contributed by atoms with Gasteiger partial charge in [0.2, 0.25) is 11.7 Å². The van der Waals surface area contributed by atoms with Gasteiger partial charge in [-0.1, -0.05) is 18.2 Å². The summed E-state index contributed by atoms with van der Waals surface area (Å²) in [6, 6.07) is 10.8. The highest BCUT2D eigenvalue weighted by Gasteiger charge is 2.46. The molecule has 1 aromatic carbocycles. The fraction of sp³-hybridized carbons (Fsp3) is 0.455. The van der Waals surface area contributed by atoms with Gasteiger partial charge < -0.3 is 14.2 Å². The highest BCUT2D eigenvalue weighted by Crippen LogP contribution is 2.59. The Morgan fingerprint density at radius 2 is 1.89 bits per heavy atom. The minimum atomic E-state index is -3.52. The van der Waals surface area contributed by atoms with Gasteiger partial charge >= 0.3 is 5.97 Å². The number of benzene rings is 1. The summed E-state index contributed by atoms with van der Waals surface area (Å²) in [7, 11) is -2.20. The van der Waals surface area contributed by atoms with Crippen molar-refractivity contribution in [3.8, 4) is 5.88 Å². The first kappa shape index (κ1) is 33.2. The maximum atomic E-state index is 13.6. The van der Waals surface area contributed by atoms with Gasteiger partial charge in [-0.05, 0) is 73.7 Å². The van der Waals surface area contributed by atoms with Gasteiger partial charge in [-0.15, -0.1) is 21.0 Å². The number of carbonyl (C=O) groups excluding carboxylic acids is 1. The van der Waals surface area contributed by atoms with Crippen molar-refractivity contribution >= 4 is 22.4 Å². The van der Waals surface area contributed by atoms with Crippen LogP contribution in [-0.4, -0.2) is 71.4 Å². The van der Waals surface area contributed by atoms with Gasteiger partial charge in [0.1, 0.15) is 10.5 Å². The summed E-state index contributed by atoms with van der Waals surface area (Å²) in [5.74, 6) is -1.30. The molecule has 11 nitrogen and oxygen atoms in total. The molecule has 14 heteroatoms. The SMILES string of the molecule is COC(=O)C(C)(C)C(c1ccc(C)c(CN2CC3(CCOCC3)Oc3ncccc3S2(O)O)c1)c1ccn2c(C(F)F)nnc2c1C. The van der Waals surface area contributed by atoms with Gasteiger partial charge in [0.15, 0.2) is 5.65 Å². The lowest BCUT2D eigenvalue weighted by molar-refractivity contribution is -0.151. The van der Waals surface area contributed by atoms with Crippen LogP contribution in [-0.2, 0) is 20.8 Å². The largest absolute Gasteiger partial charge is 0.469 e. The normalized spacial score (nSPS) is 19.2. The topological polar surface area (TPSA) is 132 Å². The van der Waals surface area contributed by atoms with Crippen LogP contribution in [0.4, 0.5) is 8.78 Å². The molecule has 2 aliphatic heterocycles. The molecule has 1 spiro atoms. The van der Waals surface area contributed by atoms with Crippen molar-refractivity contribution in [1.29, 1.82) is 0 Å². The van der Waals surface area contributed by atoms with E-state index in [0.717, 1.165) is 16.7 Å². The van der Waals surface area contributed by atoms with Crippen LogP contribution < -0.4 is 4.74 Å². The summed E-state index contributed by atoms with van der Waals surface area (Å²) in [4.78, 5) is 17.9. The quantitative estimate of drug-likeness (QED) is 0.211. The predicted molar refractivity (Wildman–Crippen MR) is 171 cm³/mol. The number of hydrogen-bond donors (Lipinski definition) is 2. The second-order valence-corrected chi connectivity index (χ2v) is 14.8. The van der Waals surface area contributed by atoms with Gasteiger partial charge in [0, 0.05) is 37.7 Å². The number of nitrogens with zero attached hydrogens (tertiary/aromatic N) is 5. The minimum absolute atomic E-state index is 0.160. The highest BCUT2D eigenvalue weighted by atomic mass is 32.3. The third-order valence-electron chi connectivity index (χ3n) is 9.46. The number of ether oxygens (including phenoxy) is 3. The van der Waals surface area contributed by atoms with Crippen LogP contribution in [0.3, 0.4) is 0 Å². The third-order valence-corrected chi connectivity index (χ3v) is 11.3. The van der Waals surface area contributed by atoms with Crippen LogP contribution in [0.15, 0.2) is 53.7 Å². The molecular weight excluding hydrogens is 632 g/mol. The number of methoxy groups -OCH3 is 1. The fourth-order valence-electron chi connectivity index (χ4n) is 6.77. The highest BCUT2D eigenvalue weighted by molar-refractivity contribution is 8.22. The Balaban J connectivity index is 1.46. The van der Waals surface area contributed by atoms with Crippen LogP contribution >= 0.6 is 10.8 Å². The molecule has 4 aromatic rings. The molecule has 0 bridgehead atoms. The molecule has 2 N–H and O–H groups in total. The zero-order chi connectivity index (χ0) is 33.7. The van der Waals surface area contributed by atoms with E-state index in [1.54, 1.807) is 49.5 Å². The predicted octanol–water partition coefficient (Wildman–Crippen LogP) is 6.48. The Kier molecular flexibility index (Phi) is 8.76. The summed E-state index contributed by atoms with van der Waals surface area (Å²) in [6.45, 7) is 8.61. The molecule has 252 valence electrons. The lowest BCUT2D eigenvalue weighted by Crippen LogP contribution is -2.49. The van der Waals surface area contributed by atoms with E-state index in [0.29, 0.717) is 37.2 Å². The number of aryl methyl sites for hydroxylation is 2. The lowest BCUT2D eigenvalue weighted by atomic mass is 9.70. The number of alkyl halides is 2. The second kappa shape index (κ2) is 12.4. The van der Waals surface area contributed by atoms with Crippen LogP contribution in [0.5, 0.6) is 5.88 Å². The van der Waals surface area contributed by atoms with Crippen molar-refractivity contribution in [3.63, 3.8) is 0 Å². The Labute approximate surface area is 273 Å². The van der Waals surface area contributed by atoms with Crippen molar-refractivity contribution in [2.75, 3.05) is 26.9 Å². The summed E-state index contributed by atoms with van der Waals surface area (Å²) < 4.78 is 71.1. The van der Waals surface area contributed by atoms with Gasteiger partial charge in [0.05, 0.1) is 32.3 Å². The van der Waals surface area contributed by atoms with Gasteiger partial charge in [-0.25, -0.2) is 13.8 Å². The Morgan fingerprint density at radius 1 is 1.15 bits per heavy atom. The van der Waals surface area contributed by atoms with E-state index in [-0.39, 0.29) is 29.5 Å². The third kappa shape index (κ3) is 5.86. The maximum absolute atomic E-state index is 13.6. The maximum Gasteiger partial charge on any atom is 0.312 e. The molecule has 3 aromatic heterocycles. The summed E-state index contributed by atoms with van der Waals surface area (Å²) in [6.07, 6.45) is 1.38. The summed E-state index contributed by atoms with van der Waals surface area (Å²) in [5.41, 5.74) is 2.20. The Bertz CT molecular complexity index is 1810. The van der Waals surface area contributed by atoms with Crippen LogP contribution in [0.2, 0.25) is 0 Å². The van der Waals surface area contributed by atoms with Gasteiger partial charge in [-0.3, -0.25) is 18.3 Å². The Hall–Kier alpha value is -3.69. The van der Waals surface area contributed by atoms with E-state index in [1.165, 1.54) is 17.7 Å². The van der Waals surface area contributed by atoms with Crippen molar-refractivity contribution in [3.05, 3.63) is 82.4 Å². The molecule has 1 unspecified atom stereocenters. The lowest BCUT2D eigenvalue weighted by Gasteiger charge is -2.44. The molecule has 0 aliphatic carbocycles. The molecule has 0 saturated carbocycles. The molecule has 0 radical (unpaired) electrons. The smallest absolute Gasteiger partial charge is 0.312 e. The van der Waals surface area contributed by atoms with Crippen molar-refractivity contribution in [2.24, 2.45) is 5.41 Å². The Morgan fingerprint density at radius 3 is 2.60 bits per heavy atom. The summed E-state index contributed by atoms with van der Waals surface area (Å²) >= 11 is 0. The molecule has 5 heterocycles. The molecule has 1 saturated heterocycles. The number of esters is 1. The van der Waals surface area contributed by atoms with Crippen molar-refractivity contribution in [1.82, 2.24) is 23.9 Å². The van der Waals surface area contributed by atoms with Crippen molar-refractivity contribution < 1.29 is 36.9 Å². The number of aromatic nitrogens is 4. The molecule has 2 aliphatic rings. The van der Waals surface area contributed by atoms with E-state index < -0.39 is 45.9 Å². The molecule has 6 rings (SSSR count). The average Bonchev–Trinajstić information content (AvgIpc) is 3.46. The van der Waals surface area contributed by atoms with Crippen LogP contribution in [0, 0.1) is 19.3 Å². The number of rotatable bonds is 7. The number of halogens is 2. The first-order chi connectivity index (χ1) is 22.3. The molecule has 47 heavy (non-hydrogen) atoms. The van der Waals surface area contributed by atoms with Crippen LogP contribution in [0.1, 0.15) is 72.7 Å². The van der Waals surface area contributed by atoms with E-state index >= 15 is 0 Å². The van der Waals surface area contributed by atoms with Crippen LogP contribution in [0.25, 0.3) is 5.65 Å². The zero-order valence-corrected chi connectivity index (χ0v) is 27.8. The first-order valence-corrected chi connectivity index (χ1v) is 16.8. The van der Waals surface area contributed by atoms with Gasteiger partial charge in [-0.2, -0.15) is 4.31 Å². The standard InChI is InChI=1S/C33H39F2N5O6S/c1-20-8-9-22(26(32(3,4)31(41)44-5)24-10-14-40-28(21(24)2)37-38-29(40)27(34)35)17-23(20)18-39-19-33(11-15-45-16-12-33)46-30-25(47(39,42)43)7-6-13-36-30/h6-10,13-14,17,26-27,42-43H,11-12,15-16,18-19H2,1-5H3. The molecular formula is C33H39F2N5O6S. The van der Waals surface area contributed by atoms with E-state index in [9.17, 15) is 22.7 Å². The van der Waals surface area contributed by atoms with E-state index in [1.807, 2.05) is 25.1 Å². The monoisotopic (exact) mass is 671 g/mol. The number of hydrogen-bond acceptors (Lipinski definition) is 10. The number of pyridine rings is 2. The molecule has 1 fully saturated rings. The number of carbonyl (C=O) groups is 1. The average molecular weight is 672 g/mol. The number of fused-ring (bicyclic) bond motifs is 2. The van der Waals surface area contributed by atoms with E-state index in [4.69, 9.17) is 14.2 Å². The fourth-order valence-corrected chi connectivity index (χ4v) is 8.37. The minimum Gasteiger partial charge on any atom is -0.469 e. The molecule has 0 amide bonds. The summed E-state index contributed by atoms with van der Waals surface area (Å²) in [5, 5.41) is 7.75.